The van der Waals surface area contributed by atoms with Crippen LogP contribution in [0, 0.1) is 5.41 Å². The van der Waals surface area contributed by atoms with Gasteiger partial charge >= 0.3 is 6.18 Å². The molecular weight excluding hydrogens is 327 g/mol. The summed E-state index contributed by atoms with van der Waals surface area (Å²) in [6, 6.07) is 12.4. The Morgan fingerprint density at radius 3 is 2.48 bits per heavy atom. The third-order valence-corrected chi connectivity index (χ3v) is 4.97. The molecule has 0 amide bonds. The fraction of sp³-hybridized carbons (Fsp3) is 0.250. The van der Waals surface area contributed by atoms with E-state index in [1.54, 1.807) is 35.0 Å². The molecule has 1 aliphatic rings. The Morgan fingerprint density at radius 2 is 1.80 bits per heavy atom. The average Bonchev–Trinajstić information content (AvgIpc) is 3.20. The lowest BCUT2D eigenvalue weighted by Crippen LogP contribution is -2.19. The Morgan fingerprint density at radius 1 is 1.08 bits per heavy atom. The summed E-state index contributed by atoms with van der Waals surface area (Å²) in [6.07, 6.45) is -1.02. The van der Waals surface area contributed by atoms with Gasteiger partial charge in [0.2, 0.25) is 5.91 Å². The molecule has 2 aromatic carbocycles. The number of carbonyl (C=O) groups is 1. The van der Waals surface area contributed by atoms with Crippen molar-refractivity contribution in [1.82, 2.24) is 4.57 Å². The van der Waals surface area contributed by atoms with Crippen molar-refractivity contribution in [3.05, 3.63) is 60.3 Å². The predicted octanol–water partition coefficient (Wildman–Crippen LogP) is 5.77. The molecule has 0 aliphatic heterocycles. The van der Waals surface area contributed by atoms with Crippen molar-refractivity contribution in [3.8, 4) is 11.1 Å². The first kappa shape index (κ1) is 15.9. The fourth-order valence-corrected chi connectivity index (χ4v) is 3.15. The fourth-order valence-electron chi connectivity index (χ4n) is 3.15. The second-order valence-corrected chi connectivity index (χ2v) is 6.87. The number of fused-ring (bicyclic) bond motifs is 1. The maximum absolute atomic E-state index is 13.3. The van der Waals surface area contributed by atoms with Gasteiger partial charge in [-0.2, -0.15) is 13.2 Å². The summed E-state index contributed by atoms with van der Waals surface area (Å²) in [5, 5.41) is 0.839. The monoisotopic (exact) mass is 343 g/mol. The zero-order valence-corrected chi connectivity index (χ0v) is 13.6. The van der Waals surface area contributed by atoms with Gasteiger partial charge in [0.05, 0.1) is 11.1 Å². The minimum absolute atomic E-state index is 0.00348. The maximum Gasteiger partial charge on any atom is 0.417 e. The molecule has 0 atom stereocenters. The standard InChI is InChI=1S/C20H16F3NO/c1-19(9-10-19)18(25)24-11-8-13-6-7-14(12-17(13)24)15-4-2-3-5-16(15)20(21,22)23/h2-8,11-12H,9-10H2,1H3. The number of nitrogens with zero attached hydrogens (tertiary/aromatic N) is 1. The zero-order chi connectivity index (χ0) is 17.8. The van der Waals surface area contributed by atoms with Crippen molar-refractivity contribution in [2.75, 3.05) is 0 Å². The molecule has 2 nitrogen and oxygen atoms in total. The molecule has 0 radical (unpaired) electrons. The molecule has 1 aliphatic carbocycles. The molecule has 0 unspecified atom stereocenters. The van der Waals surface area contributed by atoms with Crippen molar-refractivity contribution in [2.45, 2.75) is 25.9 Å². The molecule has 1 saturated carbocycles. The Kier molecular flexibility index (Phi) is 3.33. The van der Waals surface area contributed by atoms with E-state index in [9.17, 15) is 18.0 Å². The first-order valence-electron chi connectivity index (χ1n) is 8.12. The minimum Gasteiger partial charge on any atom is -0.287 e. The Bertz CT molecular complexity index is 980. The maximum atomic E-state index is 13.3. The lowest BCUT2D eigenvalue weighted by atomic mass is 9.98. The van der Waals surface area contributed by atoms with E-state index >= 15 is 0 Å². The SMILES string of the molecule is CC1(C(=O)n2ccc3ccc(-c4ccccc4C(F)(F)F)cc32)CC1. The van der Waals surface area contributed by atoms with Gasteiger partial charge < -0.3 is 0 Å². The van der Waals surface area contributed by atoms with Crippen molar-refractivity contribution in [3.63, 3.8) is 0 Å². The van der Waals surface area contributed by atoms with Crippen LogP contribution in [0.3, 0.4) is 0 Å². The number of halogens is 3. The molecule has 0 saturated heterocycles. The molecule has 0 N–H and O–H groups in total. The second-order valence-electron chi connectivity index (χ2n) is 6.87. The summed E-state index contributed by atoms with van der Waals surface area (Å²) in [6.45, 7) is 1.92. The van der Waals surface area contributed by atoms with Gasteiger partial charge in [0.15, 0.2) is 0 Å². The highest BCUT2D eigenvalue weighted by atomic mass is 19.4. The van der Waals surface area contributed by atoms with Crippen LogP contribution < -0.4 is 0 Å². The van der Waals surface area contributed by atoms with Crippen molar-refractivity contribution in [2.24, 2.45) is 5.41 Å². The van der Waals surface area contributed by atoms with Crippen molar-refractivity contribution < 1.29 is 18.0 Å². The molecule has 1 fully saturated rings. The average molecular weight is 343 g/mol. The zero-order valence-electron chi connectivity index (χ0n) is 13.6. The van der Waals surface area contributed by atoms with Crippen molar-refractivity contribution >= 4 is 16.8 Å². The van der Waals surface area contributed by atoms with Crippen LogP contribution in [0.5, 0.6) is 0 Å². The minimum atomic E-state index is -4.43. The molecule has 1 aromatic heterocycles. The number of aromatic nitrogens is 1. The van der Waals surface area contributed by atoms with Crippen LogP contribution in [0.1, 0.15) is 30.1 Å². The molecule has 1 heterocycles. The lowest BCUT2D eigenvalue weighted by molar-refractivity contribution is -0.137. The van der Waals surface area contributed by atoms with Gasteiger partial charge in [-0.15, -0.1) is 0 Å². The number of benzene rings is 2. The van der Waals surface area contributed by atoms with Crippen LogP contribution in [0.25, 0.3) is 22.0 Å². The van der Waals surface area contributed by atoms with Gasteiger partial charge in [-0.05, 0) is 42.2 Å². The van der Waals surface area contributed by atoms with Crippen LogP contribution in [-0.4, -0.2) is 10.5 Å². The quantitative estimate of drug-likeness (QED) is 0.579. The van der Waals surface area contributed by atoms with E-state index in [1.165, 1.54) is 12.1 Å². The van der Waals surface area contributed by atoms with E-state index in [0.717, 1.165) is 24.3 Å². The summed E-state index contributed by atoms with van der Waals surface area (Å²) in [5.41, 5.74) is 0.204. The third kappa shape index (κ3) is 2.64. The first-order valence-corrected chi connectivity index (χ1v) is 8.12. The second kappa shape index (κ2) is 5.22. The summed E-state index contributed by atoms with van der Waals surface area (Å²) in [7, 11) is 0. The molecule has 128 valence electrons. The number of carbonyl (C=O) groups excluding carboxylic acids is 1. The highest BCUT2D eigenvalue weighted by Crippen LogP contribution is 2.47. The van der Waals surface area contributed by atoms with E-state index in [4.69, 9.17) is 0 Å². The summed E-state index contributed by atoms with van der Waals surface area (Å²) < 4.78 is 41.5. The van der Waals surface area contributed by atoms with Gasteiger partial charge in [0, 0.05) is 17.0 Å². The first-order chi connectivity index (χ1) is 11.8. The van der Waals surface area contributed by atoms with E-state index in [2.05, 4.69) is 0 Å². The number of hydrogen-bond donors (Lipinski definition) is 0. The van der Waals surface area contributed by atoms with E-state index < -0.39 is 11.7 Å². The van der Waals surface area contributed by atoms with Crippen LogP contribution in [0.15, 0.2) is 54.7 Å². The van der Waals surface area contributed by atoms with E-state index in [-0.39, 0.29) is 16.9 Å². The predicted molar refractivity (Wildman–Crippen MR) is 90.3 cm³/mol. The molecule has 0 spiro atoms. The molecule has 3 aromatic rings. The molecule has 0 bridgehead atoms. The highest BCUT2D eigenvalue weighted by Gasteiger charge is 2.45. The summed E-state index contributed by atoms with van der Waals surface area (Å²) in [4.78, 5) is 12.7. The molecule has 4 rings (SSSR count). The van der Waals surface area contributed by atoms with E-state index in [1.807, 2.05) is 13.0 Å². The van der Waals surface area contributed by atoms with Crippen molar-refractivity contribution in [1.29, 1.82) is 0 Å². The van der Waals surface area contributed by atoms with E-state index in [0.29, 0.717) is 11.1 Å². The molecule has 5 heteroatoms. The van der Waals surface area contributed by atoms with Crippen LogP contribution in [0.4, 0.5) is 13.2 Å². The molecular formula is C20H16F3NO. The number of alkyl halides is 3. The largest absolute Gasteiger partial charge is 0.417 e. The summed E-state index contributed by atoms with van der Waals surface area (Å²) in [5.74, 6) is 0.00348. The van der Waals surface area contributed by atoms with Crippen LogP contribution in [-0.2, 0) is 6.18 Å². The molecule has 25 heavy (non-hydrogen) atoms. The van der Waals surface area contributed by atoms with Gasteiger partial charge in [-0.25, -0.2) is 0 Å². The van der Waals surface area contributed by atoms with Crippen LogP contribution >= 0.6 is 0 Å². The Balaban J connectivity index is 1.87. The normalized spacial score (nSPS) is 16.2. The smallest absolute Gasteiger partial charge is 0.287 e. The highest BCUT2D eigenvalue weighted by molar-refractivity contribution is 5.98. The number of rotatable bonds is 2. The Hall–Kier alpha value is -2.56. The lowest BCUT2D eigenvalue weighted by Gasteiger charge is -2.14. The van der Waals surface area contributed by atoms with Crippen LogP contribution in [0.2, 0.25) is 0 Å². The summed E-state index contributed by atoms with van der Waals surface area (Å²) >= 11 is 0. The topological polar surface area (TPSA) is 22.0 Å². The Labute approximate surface area is 142 Å². The van der Waals surface area contributed by atoms with Gasteiger partial charge in [-0.1, -0.05) is 37.3 Å². The van der Waals surface area contributed by atoms with Gasteiger partial charge in [-0.3, -0.25) is 9.36 Å². The van der Waals surface area contributed by atoms with Gasteiger partial charge in [0.25, 0.3) is 0 Å². The van der Waals surface area contributed by atoms with Gasteiger partial charge in [0.1, 0.15) is 0 Å². The number of hydrogen-bond acceptors (Lipinski definition) is 1. The third-order valence-electron chi connectivity index (χ3n) is 4.97.